The van der Waals surface area contributed by atoms with Crippen molar-refractivity contribution in [2.75, 3.05) is 18.0 Å². The van der Waals surface area contributed by atoms with E-state index >= 15 is 0 Å². The summed E-state index contributed by atoms with van der Waals surface area (Å²) in [5, 5.41) is 9.24. The predicted octanol–water partition coefficient (Wildman–Crippen LogP) is 1.39. The summed E-state index contributed by atoms with van der Waals surface area (Å²) in [7, 11) is 0. The normalized spacial score (nSPS) is 22.5. The highest BCUT2D eigenvalue weighted by Gasteiger charge is 2.39. The lowest BCUT2D eigenvalue weighted by atomic mass is 9.89. The molecule has 0 saturated carbocycles. The molecule has 5 heteroatoms. The van der Waals surface area contributed by atoms with Gasteiger partial charge in [0, 0.05) is 13.1 Å². The number of rotatable bonds is 3. The van der Waals surface area contributed by atoms with Gasteiger partial charge in [-0.2, -0.15) is 0 Å². The highest BCUT2D eigenvalue weighted by atomic mass is 16.4. The lowest BCUT2D eigenvalue weighted by Crippen LogP contribution is -2.37. The van der Waals surface area contributed by atoms with E-state index in [1.807, 2.05) is 24.8 Å². The fourth-order valence-corrected chi connectivity index (χ4v) is 2.45. The number of carbonyl (C=O) groups excluding carboxylic acids is 1. The smallest absolute Gasteiger partial charge is 0.337 e. The van der Waals surface area contributed by atoms with Gasteiger partial charge in [0.1, 0.15) is 0 Å². The van der Waals surface area contributed by atoms with Gasteiger partial charge in [-0.25, -0.2) is 4.79 Å². The van der Waals surface area contributed by atoms with Gasteiger partial charge < -0.3 is 15.7 Å². The summed E-state index contributed by atoms with van der Waals surface area (Å²) in [5.74, 6) is -1.29. The summed E-state index contributed by atoms with van der Waals surface area (Å²) in [6.45, 7) is 4.85. The van der Waals surface area contributed by atoms with Crippen molar-refractivity contribution in [2.24, 2.45) is 11.1 Å². The van der Waals surface area contributed by atoms with E-state index in [2.05, 4.69) is 0 Å². The van der Waals surface area contributed by atoms with Gasteiger partial charge in [-0.1, -0.05) is 6.07 Å². The second kappa shape index (κ2) is 4.57. The SMILES string of the molecule is Cc1ccc(C(=O)O)c(N2CCC(C)(C(N)=O)C2)c1. The van der Waals surface area contributed by atoms with Crippen LogP contribution in [0.2, 0.25) is 0 Å². The molecule has 0 spiro atoms. The molecule has 0 aromatic heterocycles. The summed E-state index contributed by atoms with van der Waals surface area (Å²) in [6.07, 6.45) is 0.648. The Morgan fingerprint density at radius 1 is 1.42 bits per heavy atom. The number of aryl methyl sites for hydroxylation is 1. The number of nitrogens with zero attached hydrogens (tertiary/aromatic N) is 1. The largest absolute Gasteiger partial charge is 0.478 e. The van der Waals surface area contributed by atoms with E-state index < -0.39 is 11.4 Å². The number of carbonyl (C=O) groups is 2. The zero-order chi connectivity index (χ0) is 14.2. The molecule has 19 heavy (non-hydrogen) atoms. The summed E-state index contributed by atoms with van der Waals surface area (Å²) in [5.41, 5.74) is 6.76. The van der Waals surface area contributed by atoms with Crippen molar-refractivity contribution < 1.29 is 14.7 Å². The molecule has 102 valence electrons. The fourth-order valence-electron chi connectivity index (χ4n) is 2.45. The van der Waals surface area contributed by atoms with Crippen LogP contribution in [0, 0.1) is 12.3 Å². The van der Waals surface area contributed by atoms with E-state index in [9.17, 15) is 14.7 Å². The molecular weight excluding hydrogens is 244 g/mol. The van der Waals surface area contributed by atoms with Crippen molar-refractivity contribution in [3.05, 3.63) is 29.3 Å². The lowest BCUT2D eigenvalue weighted by molar-refractivity contribution is -0.125. The first kappa shape index (κ1) is 13.4. The molecule has 0 radical (unpaired) electrons. The van der Waals surface area contributed by atoms with Gasteiger partial charge in [0.25, 0.3) is 0 Å². The third kappa shape index (κ3) is 2.41. The van der Waals surface area contributed by atoms with Crippen molar-refractivity contribution in [1.29, 1.82) is 0 Å². The Morgan fingerprint density at radius 3 is 2.63 bits per heavy atom. The first-order valence-electron chi connectivity index (χ1n) is 6.22. The Bertz CT molecular complexity index is 541. The molecule has 1 aromatic rings. The number of hydrogen-bond acceptors (Lipinski definition) is 3. The maximum atomic E-state index is 11.5. The predicted molar refractivity (Wildman–Crippen MR) is 72.3 cm³/mol. The Balaban J connectivity index is 2.36. The quantitative estimate of drug-likeness (QED) is 0.862. The van der Waals surface area contributed by atoms with Crippen LogP contribution in [0.1, 0.15) is 29.3 Å². The number of benzene rings is 1. The summed E-state index contributed by atoms with van der Waals surface area (Å²) in [6, 6.07) is 5.22. The minimum atomic E-state index is -0.956. The van der Waals surface area contributed by atoms with Crippen molar-refractivity contribution in [1.82, 2.24) is 0 Å². The van der Waals surface area contributed by atoms with Crippen LogP contribution in [0.3, 0.4) is 0 Å². The van der Waals surface area contributed by atoms with Crippen LogP contribution in [0.5, 0.6) is 0 Å². The molecule has 1 unspecified atom stereocenters. The minimum Gasteiger partial charge on any atom is -0.478 e. The number of primary amides is 1. The fraction of sp³-hybridized carbons (Fsp3) is 0.429. The van der Waals surface area contributed by atoms with Crippen molar-refractivity contribution in [3.63, 3.8) is 0 Å². The maximum absolute atomic E-state index is 11.5. The number of carboxylic acids is 1. The summed E-state index contributed by atoms with van der Waals surface area (Å²) < 4.78 is 0. The Hall–Kier alpha value is -2.04. The number of aromatic carboxylic acids is 1. The first-order chi connectivity index (χ1) is 8.83. The van der Waals surface area contributed by atoms with Gasteiger partial charge in [-0.3, -0.25) is 4.79 Å². The van der Waals surface area contributed by atoms with Crippen LogP contribution in [0.15, 0.2) is 18.2 Å². The zero-order valence-electron chi connectivity index (χ0n) is 11.1. The molecular formula is C14H18N2O3. The van der Waals surface area contributed by atoms with Crippen LogP contribution in [0.4, 0.5) is 5.69 Å². The molecule has 3 N–H and O–H groups in total. The molecule has 1 atom stereocenters. The van der Waals surface area contributed by atoms with E-state index in [1.54, 1.807) is 12.1 Å². The molecule has 1 heterocycles. The van der Waals surface area contributed by atoms with Crippen molar-refractivity contribution in [2.45, 2.75) is 20.3 Å². The molecule has 1 aromatic carbocycles. The van der Waals surface area contributed by atoms with Crippen LogP contribution in [-0.2, 0) is 4.79 Å². The Morgan fingerprint density at radius 2 is 2.11 bits per heavy atom. The Labute approximate surface area is 112 Å². The van der Waals surface area contributed by atoms with Gasteiger partial charge in [0.05, 0.1) is 16.7 Å². The number of anilines is 1. The van der Waals surface area contributed by atoms with Gasteiger partial charge in [0.2, 0.25) is 5.91 Å². The third-order valence-corrected chi connectivity index (χ3v) is 3.79. The van der Waals surface area contributed by atoms with Crippen molar-refractivity contribution >= 4 is 17.6 Å². The average Bonchev–Trinajstić information content (AvgIpc) is 2.73. The lowest BCUT2D eigenvalue weighted by Gasteiger charge is -2.24. The summed E-state index contributed by atoms with van der Waals surface area (Å²) >= 11 is 0. The average molecular weight is 262 g/mol. The minimum absolute atomic E-state index is 0.263. The van der Waals surface area contributed by atoms with E-state index in [0.29, 0.717) is 25.2 Å². The molecule has 1 amide bonds. The van der Waals surface area contributed by atoms with Crippen LogP contribution >= 0.6 is 0 Å². The molecule has 0 bridgehead atoms. The molecule has 1 aliphatic rings. The van der Waals surface area contributed by atoms with E-state index in [1.165, 1.54) is 0 Å². The highest BCUT2D eigenvalue weighted by molar-refractivity contribution is 5.95. The molecule has 5 nitrogen and oxygen atoms in total. The Kier molecular flexibility index (Phi) is 3.22. The topological polar surface area (TPSA) is 83.6 Å². The first-order valence-corrected chi connectivity index (χ1v) is 6.22. The number of carboxylic acid groups (broad SMARTS) is 1. The number of hydrogen-bond donors (Lipinski definition) is 2. The van der Waals surface area contributed by atoms with Crippen LogP contribution < -0.4 is 10.6 Å². The second-order valence-corrected chi connectivity index (χ2v) is 5.42. The highest BCUT2D eigenvalue weighted by Crippen LogP contribution is 2.34. The monoisotopic (exact) mass is 262 g/mol. The van der Waals surface area contributed by atoms with Crippen LogP contribution in [0.25, 0.3) is 0 Å². The maximum Gasteiger partial charge on any atom is 0.337 e. The molecule has 1 saturated heterocycles. The van der Waals surface area contributed by atoms with Gasteiger partial charge in [-0.05, 0) is 38.0 Å². The van der Waals surface area contributed by atoms with Crippen LogP contribution in [-0.4, -0.2) is 30.1 Å². The molecule has 1 aliphatic heterocycles. The van der Waals surface area contributed by atoms with Gasteiger partial charge in [0.15, 0.2) is 0 Å². The standard InChI is InChI=1S/C14H18N2O3/c1-9-3-4-10(12(17)18)11(7-9)16-6-5-14(2,8-16)13(15)19/h3-4,7H,5-6,8H2,1-2H3,(H2,15,19)(H,17,18). The van der Waals surface area contributed by atoms with E-state index in [4.69, 9.17) is 5.73 Å². The summed E-state index contributed by atoms with van der Waals surface area (Å²) in [4.78, 5) is 24.7. The molecule has 2 rings (SSSR count). The van der Waals surface area contributed by atoms with Crippen molar-refractivity contribution in [3.8, 4) is 0 Å². The van der Waals surface area contributed by atoms with Gasteiger partial charge >= 0.3 is 5.97 Å². The molecule has 1 fully saturated rings. The van der Waals surface area contributed by atoms with Gasteiger partial charge in [-0.15, -0.1) is 0 Å². The number of amides is 1. The second-order valence-electron chi connectivity index (χ2n) is 5.42. The zero-order valence-corrected chi connectivity index (χ0v) is 11.1. The van der Waals surface area contributed by atoms with E-state index in [0.717, 1.165) is 5.56 Å². The van der Waals surface area contributed by atoms with E-state index in [-0.39, 0.29) is 11.5 Å². The number of nitrogens with two attached hydrogens (primary N) is 1. The third-order valence-electron chi connectivity index (χ3n) is 3.79. The molecule has 0 aliphatic carbocycles.